The summed E-state index contributed by atoms with van der Waals surface area (Å²) in [5.74, 6) is 0.389. The molecule has 2 aromatic heterocycles. The van der Waals surface area contributed by atoms with Gasteiger partial charge in [0.15, 0.2) is 5.69 Å². The normalized spacial score (nSPS) is 10.8. The predicted octanol–water partition coefficient (Wildman–Crippen LogP) is 4.07. The number of aromatic nitrogens is 3. The van der Waals surface area contributed by atoms with Gasteiger partial charge in [-0.05, 0) is 37.6 Å². The summed E-state index contributed by atoms with van der Waals surface area (Å²) in [7, 11) is 0. The maximum Gasteiger partial charge on any atom is 0.275 e. The highest BCUT2D eigenvalue weighted by atomic mass is 16.4. The lowest BCUT2D eigenvalue weighted by atomic mass is 10.2. The number of carbonyl (C=O) groups excluding carboxylic acids is 1. The zero-order valence-electron chi connectivity index (χ0n) is 15.7. The standard InChI is InChI=1S/C22H20N4O2/c1-15-13-16(2)26(25-15)22-19(20(27)23-14-17-9-5-3-6-10-17)24-21(28-22)18-11-7-4-8-12-18/h3-13H,14H2,1-2H3,(H,23,27). The molecule has 1 N–H and O–H groups in total. The van der Waals surface area contributed by atoms with Gasteiger partial charge in [-0.3, -0.25) is 4.79 Å². The third-order valence-corrected chi connectivity index (χ3v) is 4.34. The lowest BCUT2D eigenvalue weighted by molar-refractivity contribution is 0.0945. The molecule has 0 saturated carbocycles. The topological polar surface area (TPSA) is 73.0 Å². The van der Waals surface area contributed by atoms with E-state index in [0.717, 1.165) is 22.5 Å². The molecule has 0 spiro atoms. The van der Waals surface area contributed by atoms with Crippen molar-refractivity contribution in [3.05, 3.63) is 89.4 Å². The van der Waals surface area contributed by atoms with E-state index in [-0.39, 0.29) is 11.6 Å². The van der Waals surface area contributed by atoms with E-state index < -0.39 is 0 Å². The predicted molar refractivity (Wildman–Crippen MR) is 106 cm³/mol. The van der Waals surface area contributed by atoms with Crippen molar-refractivity contribution in [2.75, 3.05) is 0 Å². The molecule has 0 fully saturated rings. The first-order valence-corrected chi connectivity index (χ1v) is 9.04. The van der Waals surface area contributed by atoms with E-state index in [2.05, 4.69) is 15.4 Å². The Hall–Kier alpha value is -3.67. The third kappa shape index (κ3) is 3.57. The van der Waals surface area contributed by atoms with E-state index >= 15 is 0 Å². The van der Waals surface area contributed by atoms with Crippen molar-refractivity contribution >= 4 is 5.91 Å². The third-order valence-electron chi connectivity index (χ3n) is 4.34. The van der Waals surface area contributed by atoms with Crippen LogP contribution in [0.25, 0.3) is 17.3 Å². The van der Waals surface area contributed by atoms with Crippen LogP contribution in [0, 0.1) is 13.8 Å². The summed E-state index contributed by atoms with van der Waals surface area (Å²) in [6.07, 6.45) is 0. The van der Waals surface area contributed by atoms with Crippen LogP contribution in [0.15, 0.2) is 71.1 Å². The lowest BCUT2D eigenvalue weighted by Gasteiger charge is -2.05. The number of nitrogens with zero attached hydrogens (tertiary/aromatic N) is 3. The number of benzene rings is 2. The van der Waals surface area contributed by atoms with Gasteiger partial charge in [0, 0.05) is 17.8 Å². The van der Waals surface area contributed by atoms with Gasteiger partial charge in [-0.25, -0.2) is 9.67 Å². The fourth-order valence-corrected chi connectivity index (χ4v) is 3.00. The second kappa shape index (κ2) is 7.52. The Kier molecular flexibility index (Phi) is 4.76. The monoisotopic (exact) mass is 372 g/mol. The highest BCUT2D eigenvalue weighted by Crippen LogP contribution is 2.25. The fraction of sp³-hybridized carbons (Fsp3) is 0.136. The van der Waals surface area contributed by atoms with Crippen molar-refractivity contribution in [1.29, 1.82) is 0 Å². The van der Waals surface area contributed by atoms with Gasteiger partial charge in [0.2, 0.25) is 5.89 Å². The Balaban J connectivity index is 1.71. The molecule has 6 heteroatoms. The Morgan fingerprint density at radius 1 is 1.04 bits per heavy atom. The molecule has 140 valence electrons. The molecule has 0 atom stereocenters. The van der Waals surface area contributed by atoms with Crippen molar-refractivity contribution in [2.45, 2.75) is 20.4 Å². The Bertz CT molecular complexity index is 1100. The van der Waals surface area contributed by atoms with Crippen LogP contribution in [-0.4, -0.2) is 20.7 Å². The van der Waals surface area contributed by atoms with Crippen LogP contribution in [0.3, 0.4) is 0 Å². The number of rotatable bonds is 5. The van der Waals surface area contributed by atoms with Crippen LogP contribution in [-0.2, 0) is 6.54 Å². The Morgan fingerprint density at radius 2 is 1.71 bits per heavy atom. The van der Waals surface area contributed by atoms with Gasteiger partial charge in [0.25, 0.3) is 11.8 Å². The van der Waals surface area contributed by atoms with Crippen molar-refractivity contribution in [1.82, 2.24) is 20.1 Å². The molecule has 2 aromatic carbocycles. The quantitative estimate of drug-likeness (QED) is 0.573. The van der Waals surface area contributed by atoms with Crippen molar-refractivity contribution < 1.29 is 9.21 Å². The highest BCUT2D eigenvalue weighted by Gasteiger charge is 2.24. The molecule has 0 aliphatic heterocycles. The molecular weight excluding hydrogens is 352 g/mol. The molecular formula is C22H20N4O2. The van der Waals surface area contributed by atoms with Crippen LogP contribution in [0.2, 0.25) is 0 Å². The number of nitrogens with one attached hydrogen (secondary N) is 1. The van der Waals surface area contributed by atoms with E-state index in [1.165, 1.54) is 0 Å². The van der Waals surface area contributed by atoms with Gasteiger partial charge in [0.1, 0.15) is 0 Å². The van der Waals surface area contributed by atoms with Crippen LogP contribution in [0.5, 0.6) is 0 Å². The fourth-order valence-electron chi connectivity index (χ4n) is 3.00. The summed E-state index contributed by atoms with van der Waals surface area (Å²) in [4.78, 5) is 17.4. The molecule has 0 unspecified atom stereocenters. The van der Waals surface area contributed by atoms with Crippen molar-refractivity contribution in [3.63, 3.8) is 0 Å². The maximum atomic E-state index is 12.9. The van der Waals surface area contributed by atoms with Crippen LogP contribution in [0.1, 0.15) is 27.4 Å². The minimum Gasteiger partial charge on any atom is -0.417 e. The molecule has 6 nitrogen and oxygen atoms in total. The maximum absolute atomic E-state index is 12.9. The van der Waals surface area contributed by atoms with Crippen LogP contribution in [0.4, 0.5) is 0 Å². The highest BCUT2D eigenvalue weighted by molar-refractivity contribution is 5.95. The van der Waals surface area contributed by atoms with E-state index in [1.807, 2.05) is 80.6 Å². The molecule has 0 aliphatic carbocycles. The Morgan fingerprint density at radius 3 is 2.36 bits per heavy atom. The summed E-state index contributed by atoms with van der Waals surface area (Å²) in [6.45, 7) is 4.22. The van der Waals surface area contributed by atoms with E-state index in [1.54, 1.807) is 4.68 Å². The van der Waals surface area contributed by atoms with Crippen LogP contribution >= 0.6 is 0 Å². The summed E-state index contributed by atoms with van der Waals surface area (Å²) in [6, 6.07) is 21.2. The summed E-state index contributed by atoms with van der Waals surface area (Å²) < 4.78 is 7.60. The largest absolute Gasteiger partial charge is 0.417 e. The summed E-state index contributed by atoms with van der Waals surface area (Å²) in [5, 5.41) is 7.37. The van der Waals surface area contributed by atoms with Gasteiger partial charge in [-0.2, -0.15) is 5.10 Å². The first-order valence-electron chi connectivity index (χ1n) is 9.04. The number of hydrogen-bond donors (Lipinski definition) is 1. The molecule has 2 heterocycles. The van der Waals surface area contributed by atoms with Gasteiger partial charge < -0.3 is 9.73 Å². The van der Waals surface area contributed by atoms with E-state index in [4.69, 9.17) is 4.42 Å². The number of hydrogen-bond acceptors (Lipinski definition) is 4. The molecule has 1 amide bonds. The number of amides is 1. The van der Waals surface area contributed by atoms with Gasteiger partial charge in [0.05, 0.1) is 5.69 Å². The SMILES string of the molecule is Cc1cc(C)n(-c2oc(-c3ccccc3)nc2C(=O)NCc2ccccc2)n1. The number of aryl methyl sites for hydroxylation is 2. The molecule has 0 bridgehead atoms. The van der Waals surface area contributed by atoms with E-state index in [9.17, 15) is 4.79 Å². The average molecular weight is 372 g/mol. The number of oxazole rings is 1. The molecule has 28 heavy (non-hydrogen) atoms. The zero-order valence-corrected chi connectivity index (χ0v) is 15.7. The lowest BCUT2D eigenvalue weighted by Crippen LogP contribution is -2.24. The second-order valence-corrected chi connectivity index (χ2v) is 6.55. The average Bonchev–Trinajstić information content (AvgIpc) is 3.30. The van der Waals surface area contributed by atoms with Crippen molar-refractivity contribution in [2.24, 2.45) is 0 Å². The first-order chi connectivity index (χ1) is 13.6. The van der Waals surface area contributed by atoms with Gasteiger partial charge >= 0.3 is 0 Å². The molecule has 4 rings (SSSR count). The molecule has 4 aromatic rings. The summed E-state index contributed by atoms with van der Waals surface area (Å²) in [5.41, 5.74) is 3.72. The summed E-state index contributed by atoms with van der Waals surface area (Å²) >= 11 is 0. The zero-order chi connectivity index (χ0) is 19.5. The minimum atomic E-state index is -0.308. The van der Waals surface area contributed by atoms with Gasteiger partial charge in [-0.1, -0.05) is 48.5 Å². The molecule has 0 radical (unpaired) electrons. The van der Waals surface area contributed by atoms with Crippen molar-refractivity contribution in [3.8, 4) is 17.3 Å². The Labute approximate surface area is 162 Å². The van der Waals surface area contributed by atoms with Gasteiger partial charge in [-0.15, -0.1) is 0 Å². The molecule has 0 saturated heterocycles. The number of carbonyl (C=O) groups is 1. The second-order valence-electron chi connectivity index (χ2n) is 6.55. The van der Waals surface area contributed by atoms with E-state index in [0.29, 0.717) is 18.3 Å². The van der Waals surface area contributed by atoms with Crippen LogP contribution < -0.4 is 5.32 Å². The smallest absolute Gasteiger partial charge is 0.275 e. The minimum absolute atomic E-state index is 0.209. The molecule has 0 aliphatic rings. The first kappa shape index (κ1) is 17.7.